The van der Waals surface area contributed by atoms with Gasteiger partial charge >= 0.3 is 5.97 Å². The minimum Gasteiger partial charge on any atom is -0.462 e. The van der Waals surface area contributed by atoms with Crippen molar-refractivity contribution in [2.45, 2.75) is 104 Å². The molecule has 0 aromatic carbocycles. The van der Waals surface area contributed by atoms with E-state index in [0.29, 0.717) is 29.5 Å². The van der Waals surface area contributed by atoms with E-state index in [4.69, 9.17) is 4.74 Å². The van der Waals surface area contributed by atoms with E-state index < -0.39 is 0 Å². The fourth-order valence-corrected chi connectivity index (χ4v) is 9.63. The molecule has 5 aliphatic rings. The van der Waals surface area contributed by atoms with E-state index in [0.717, 1.165) is 69.0 Å². The SMILES string of the molecule is C[C@@H]1C[C@H](C)CN(CCC(=O)O[C@@H]2CC[C@@H]3[C@H]4CC[C@H]5CC(=O)CC[C@]5(C)[C@@H]4CC[C@@]32C)C1. The highest BCUT2D eigenvalue weighted by Crippen LogP contribution is 2.66. The number of carbonyl (C=O) groups excluding carboxylic acids is 2. The van der Waals surface area contributed by atoms with Gasteiger partial charge in [-0.05, 0) is 92.3 Å². The summed E-state index contributed by atoms with van der Waals surface area (Å²) in [5, 5.41) is 0. The van der Waals surface area contributed by atoms with Crippen molar-refractivity contribution in [3.05, 3.63) is 0 Å². The van der Waals surface area contributed by atoms with Gasteiger partial charge in [0.15, 0.2) is 0 Å². The minimum atomic E-state index is 0.0244. The Kier molecular flexibility index (Phi) is 6.46. The Balaban J connectivity index is 1.19. The minimum absolute atomic E-state index is 0.0244. The normalized spacial score (nSPS) is 48.0. The molecule has 5 rings (SSSR count). The summed E-state index contributed by atoms with van der Waals surface area (Å²) in [5.74, 6) is 4.81. The molecule has 0 aromatic heterocycles. The molecular weight excluding hydrogens is 410 g/mol. The molecule has 1 saturated heterocycles. The van der Waals surface area contributed by atoms with Gasteiger partial charge in [-0.2, -0.15) is 0 Å². The number of carbonyl (C=O) groups is 2. The fourth-order valence-electron chi connectivity index (χ4n) is 9.63. The van der Waals surface area contributed by atoms with E-state index >= 15 is 0 Å². The summed E-state index contributed by atoms with van der Waals surface area (Å²) in [6.07, 6.45) is 11.9. The molecule has 33 heavy (non-hydrogen) atoms. The van der Waals surface area contributed by atoms with Gasteiger partial charge < -0.3 is 9.64 Å². The monoisotopic (exact) mass is 457 g/mol. The number of fused-ring (bicyclic) bond motifs is 5. The Morgan fingerprint density at radius 1 is 0.970 bits per heavy atom. The fraction of sp³-hybridized carbons (Fsp3) is 0.931. The van der Waals surface area contributed by atoms with Crippen molar-refractivity contribution in [1.29, 1.82) is 0 Å². The van der Waals surface area contributed by atoms with Gasteiger partial charge in [-0.3, -0.25) is 9.59 Å². The maximum atomic E-state index is 12.9. The van der Waals surface area contributed by atoms with Crippen LogP contribution >= 0.6 is 0 Å². The number of likely N-dealkylation sites (tertiary alicyclic amines) is 1. The molecule has 186 valence electrons. The van der Waals surface area contributed by atoms with Crippen LogP contribution in [0.5, 0.6) is 0 Å². The largest absolute Gasteiger partial charge is 0.462 e. The second-order valence-corrected chi connectivity index (χ2v) is 13.5. The lowest BCUT2D eigenvalue weighted by molar-refractivity contribution is -0.164. The number of esters is 1. The first kappa shape index (κ1) is 23.8. The predicted molar refractivity (Wildman–Crippen MR) is 131 cm³/mol. The van der Waals surface area contributed by atoms with E-state index in [1.165, 1.54) is 38.5 Å². The zero-order valence-corrected chi connectivity index (χ0v) is 21.6. The van der Waals surface area contributed by atoms with Gasteiger partial charge in [-0.25, -0.2) is 0 Å². The summed E-state index contributed by atoms with van der Waals surface area (Å²) in [7, 11) is 0. The van der Waals surface area contributed by atoms with Crippen LogP contribution in [0.15, 0.2) is 0 Å². The summed E-state index contributed by atoms with van der Waals surface area (Å²) in [6, 6.07) is 0. The van der Waals surface area contributed by atoms with Crippen LogP contribution in [0.1, 0.15) is 98.3 Å². The highest BCUT2D eigenvalue weighted by atomic mass is 16.5. The van der Waals surface area contributed by atoms with Crippen molar-refractivity contribution < 1.29 is 14.3 Å². The van der Waals surface area contributed by atoms with Gasteiger partial charge in [-0.1, -0.05) is 27.7 Å². The van der Waals surface area contributed by atoms with Crippen LogP contribution in [0.4, 0.5) is 0 Å². The lowest BCUT2D eigenvalue weighted by atomic mass is 9.45. The Hall–Kier alpha value is -0.900. The summed E-state index contributed by atoms with van der Waals surface area (Å²) < 4.78 is 6.24. The number of nitrogens with zero attached hydrogens (tertiary/aromatic N) is 1. The van der Waals surface area contributed by atoms with Crippen LogP contribution in [-0.4, -0.2) is 42.4 Å². The maximum Gasteiger partial charge on any atom is 0.307 e. The van der Waals surface area contributed by atoms with Crippen LogP contribution in [0, 0.1) is 46.3 Å². The Bertz CT molecular complexity index is 756. The van der Waals surface area contributed by atoms with Gasteiger partial charge in [0.1, 0.15) is 11.9 Å². The van der Waals surface area contributed by atoms with Crippen LogP contribution in [0.2, 0.25) is 0 Å². The molecule has 5 fully saturated rings. The third kappa shape index (κ3) is 4.32. The van der Waals surface area contributed by atoms with E-state index in [9.17, 15) is 9.59 Å². The van der Waals surface area contributed by atoms with Crippen LogP contribution in [-0.2, 0) is 14.3 Å². The third-order valence-corrected chi connectivity index (χ3v) is 11.2. The van der Waals surface area contributed by atoms with E-state index in [1.807, 2.05) is 0 Å². The number of hydrogen-bond donors (Lipinski definition) is 0. The van der Waals surface area contributed by atoms with Crippen molar-refractivity contribution in [2.75, 3.05) is 19.6 Å². The number of Topliss-reactive ketones (excluding diaryl/α,β-unsaturated/α-hetero) is 1. The molecule has 1 heterocycles. The van der Waals surface area contributed by atoms with E-state index in [2.05, 4.69) is 32.6 Å². The molecule has 0 radical (unpaired) electrons. The van der Waals surface area contributed by atoms with Crippen LogP contribution < -0.4 is 0 Å². The van der Waals surface area contributed by atoms with Gasteiger partial charge in [0.05, 0.1) is 6.42 Å². The van der Waals surface area contributed by atoms with Crippen molar-refractivity contribution in [3.63, 3.8) is 0 Å². The number of ether oxygens (including phenoxy) is 1. The number of piperidine rings is 1. The molecule has 0 spiro atoms. The molecule has 4 saturated carbocycles. The molecule has 0 unspecified atom stereocenters. The summed E-state index contributed by atoms with van der Waals surface area (Å²) in [5.41, 5.74) is 0.508. The second-order valence-electron chi connectivity index (χ2n) is 13.5. The molecule has 4 aliphatic carbocycles. The van der Waals surface area contributed by atoms with Gasteiger partial charge in [0.25, 0.3) is 0 Å². The molecule has 0 bridgehead atoms. The molecule has 4 nitrogen and oxygen atoms in total. The summed E-state index contributed by atoms with van der Waals surface area (Å²) in [6.45, 7) is 12.7. The van der Waals surface area contributed by atoms with Crippen molar-refractivity contribution in [2.24, 2.45) is 46.3 Å². The predicted octanol–water partition coefficient (Wildman–Crippen LogP) is 5.88. The summed E-state index contributed by atoms with van der Waals surface area (Å²) >= 11 is 0. The highest BCUT2D eigenvalue weighted by Gasteiger charge is 2.61. The van der Waals surface area contributed by atoms with Gasteiger partial charge in [0, 0.05) is 37.9 Å². The summed E-state index contributed by atoms with van der Waals surface area (Å²) in [4.78, 5) is 27.5. The Morgan fingerprint density at radius 2 is 1.70 bits per heavy atom. The third-order valence-electron chi connectivity index (χ3n) is 11.2. The first-order chi connectivity index (χ1) is 15.7. The van der Waals surface area contributed by atoms with Crippen LogP contribution in [0.3, 0.4) is 0 Å². The molecule has 0 amide bonds. The van der Waals surface area contributed by atoms with Crippen LogP contribution in [0.25, 0.3) is 0 Å². The lowest BCUT2D eigenvalue weighted by Crippen LogP contribution is -2.54. The quantitative estimate of drug-likeness (QED) is 0.495. The Morgan fingerprint density at radius 3 is 2.45 bits per heavy atom. The molecular formula is C29H47NO3. The van der Waals surface area contributed by atoms with E-state index in [1.54, 1.807) is 0 Å². The first-order valence-electron chi connectivity index (χ1n) is 14.1. The standard InChI is InChI=1S/C29H47NO3/c1-19-15-20(2)18-30(17-19)14-11-27(32)33-26-8-7-24-23-6-5-21-16-22(31)9-12-28(21,3)25(23)10-13-29(24,26)4/h19-21,23-26H,5-18H2,1-4H3/t19-,20+,21-,23+,24+,25+,26+,28-,29-/m0/s1. The van der Waals surface area contributed by atoms with Gasteiger partial charge in [0.2, 0.25) is 0 Å². The number of ketones is 1. The Labute approximate surface area is 201 Å². The molecule has 4 heteroatoms. The smallest absolute Gasteiger partial charge is 0.307 e. The zero-order chi connectivity index (χ0) is 23.4. The van der Waals surface area contributed by atoms with Crippen molar-refractivity contribution in [1.82, 2.24) is 4.90 Å². The van der Waals surface area contributed by atoms with Crippen molar-refractivity contribution in [3.8, 4) is 0 Å². The van der Waals surface area contributed by atoms with E-state index in [-0.39, 0.29) is 17.5 Å². The molecule has 1 aliphatic heterocycles. The second kappa shape index (κ2) is 8.95. The maximum absolute atomic E-state index is 12.9. The number of hydrogen-bond acceptors (Lipinski definition) is 4. The topological polar surface area (TPSA) is 46.6 Å². The average Bonchev–Trinajstić information content (AvgIpc) is 3.08. The molecule has 9 atom stereocenters. The zero-order valence-electron chi connectivity index (χ0n) is 21.6. The average molecular weight is 458 g/mol. The lowest BCUT2D eigenvalue weighted by Gasteiger charge is -2.60. The molecule has 0 aromatic rings. The number of rotatable bonds is 4. The van der Waals surface area contributed by atoms with Crippen molar-refractivity contribution >= 4 is 11.8 Å². The highest BCUT2D eigenvalue weighted by molar-refractivity contribution is 5.79. The molecule has 0 N–H and O–H groups in total. The van der Waals surface area contributed by atoms with Gasteiger partial charge in [-0.15, -0.1) is 0 Å². The first-order valence-corrected chi connectivity index (χ1v) is 14.1.